The Kier molecular flexibility index (Phi) is 4.29. The SMILES string of the molecule is COC(=O)c1ccc2cc(C(=O)c3ccc4c(c3)CCCC4)ccc2c1. The molecule has 0 N–H and O–H groups in total. The van der Waals surface area contributed by atoms with Crippen molar-refractivity contribution in [3.8, 4) is 0 Å². The first-order valence-electron chi connectivity index (χ1n) is 8.94. The molecular formula is C23H20O3. The molecule has 0 bridgehead atoms. The minimum atomic E-state index is -0.360. The first kappa shape index (κ1) is 16.5. The van der Waals surface area contributed by atoms with E-state index >= 15 is 0 Å². The van der Waals surface area contributed by atoms with Crippen molar-refractivity contribution >= 4 is 22.5 Å². The van der Waals surface area contributed by atoms with Crippen molar-refractivity contribution in [2.75, 3.05) is 7.11 Å². The Labute approximate surface area is 152 Å². The summed E-state index contributed by atoms with van der Waals surface area (Å²) in [6, 6.07) is 17.1. The zero-order valence-corrected chi connectivity index (χ0v) is 14.7. The Morgan fingerprint density at radius 3 is 2.04 bits per heavy atom. The molecule has 1 aliphatic carbocycles. The van der Waals surface area contributed by atoms with E-state index in [-0.39, 0.29) is 11.8 Å². The van der Waals surface area contributed by atoms with Crippen LogP contribution in [0.5, 0.6) is 0 Å². The first-order chi connectivity index (χ1) is 12.7. The van der Waals surface area contributed by atoms with Crippen LogP contribution in [-0.2, 0) is 17.6 Å². The van der Waals surface area contributed by atoms with Crippen LogP contribution in [0.25, 0.3) is 10.8 Å². The largest absolute Gasteiger partial charge is 0.465 e. The summed E-state index contributed by atoms with van der Waals surface area (Å²) in [5.74, 6) is -0.321. The van der Waals surface area contributed by atoms with Crippen molar-refractivity contribution in [3.63, 3.8) is 0 Å². The highest BCUT2D eigenvalue weighted by atomic mass is 16.5. The maximum atomic E-state index is 12.9. The number of aryl methyl sites for hydroxylation is 2. The molecule has 1 aliphatic rings. The molecule has 0 spiro atoms. The second-order valence-electron chi connectivity index (χ2n) is 6.79. The molecule has 4 rings (SSSR count). The Balaban J connectivity index is 1.67. The van der Waals surface area contributed by atoms with E-state index in [0.717, 1.165) is 29.2 Å². The molecule has 3 heteroatoms. The fourth-order valence-electron chi connectivity index (χ4n) is 3.67. The van der Waals surface area contributed by atoms with Crippen molar-refractivity contribution in [2.45, 2.75) is 25.7 Å². The molecule has 0 heterocycles. The molecule has 26 heavy (non-hydrogen) atoms. The Morgan fingerprint density at radius 1 is 0.731 bits per heavy atom. The summed E-state index contributed by atoms with van der Waals surface area (Å²) in [4.78, 5) is 24.6. The van der Waals surface area contributed by atoms with Crippen molar-refractivity contribution in [2.24, 2.45) is 0 Å². The summed E-state index contributed by atoms with van der Waals surface area (Å²) in [7, 11) is 1.37. The molecule has 0 aliphatic heterocycles. The van der Waals surface area contributed by atoms with E-state index in [2.05, 4.69) is 12.1 Å². The maximum Gasteiger partial charge on any atom is 0.337 e. The molecule has 3 aromatic rings. The van der Waals surface area contributed by atoms with Crippen molar-refractivity contribution in [1.82, 2.24) is 0 Å². The molecule has 3 nitrogen and oxygen atoms in total. The highest BCUT2D eigenvalue weighted by Gasteiger charge is 2.15. The molecule has 0 atom stereocenters. The third-order valence-electron chi connectivity index (χ3n) is 5.13. The lowest BCUT2D eigenvalue weighted by molar-refractivity contribution is 0.0601. The lowest BCUT2D eigenvalue weighted by atomic mass is 9.89. The summed E-state index contributed by atoms with van der Waals surface area (Å²) in [6.45, 7) is 0. The number of ketones is 1. The average molecular weight is 344 g/mol. The number of carbonyl (C=O) groups is 2. The molecule has 0 amide bonds. The number of hydrogen-bond donors (Lipinski definition) is 0. The van der Waals surface area contributed by atoms with Crippen LogP contribution in [0.1, 0.15) is 50.2 Å². The van der Waals surface area contributed by atoms with E-state index in [0.29, 0.717) is 11.1 Å². The van der Waals surface area contributed by atoms with Crippen molar-refractivity contribution in [1.29, 1.82) is 0 Å². The van der Waals surface area contributed by atoms with Gasteiger partial charge in [-0.15, -0.1) is 0 Å². The molecule has 0 aromatic heterocycles. The predicted molar refractivity (Wildman–Crippen MR) is 102 cm³/mol. The van der Waals surface area contributed by atoms with Gasteiger partial charge in [0.2, 0.25) is 0 Å². The predicted octanol–water partition coefficient (Wildman–Crippen LogP) is 4.74. The van der Waals surface area contributed by atoms with Gasteiger partial charge in [-0.25, -0.2) is 4.79 Å². The van der Waals surface area contributed by atoms with Gasteiger partial charge in [0.25, 0.3) is 0 Å². The molecule has 130 valence electrons. The fourth-order valence-corrected chi connectivity index (χ4v) is 3.67. The van der Waals surface area contributed by atoms with Crippen LogP contribution >= 0.6 is 0 Å². The van der Waals surface area contributed by atoms with Crippen LogP contribution in [0, 0.1) is 0 Å². The number of carbonyl (C=O) groups excluding carboxylic acids is 2. The van der Waals surface area contributed by atoms with Gasteiger partial charge in [-0.3, -0.25) is 4.79 Å². The molecule has 0 saturated heterocycles. The zero-order chi connectivity index (χ0) is 18.1. The van der Waals surface area contributed by atoms with Crippen LogP contribution in [-0.4, -0.2) is 18.9 Å². The van der Waals surface area contributed by atoms with E-state index in [4.69, 9.17) is 4.74 Å². The number of benzene rings is 3. The molecule has 0 saturated carbocycles. The van der Waals surface area contributed by atoms with E-state index in [1.54, 1.807) is 12.1 Å². The second kappa shape index (κ2) is 6.75. The molecule has 0 fully saturated rings. The monoisotopic (exact) mass is 344 g/mol. The lowest BCUT2D eigenvalue weighted by Gasteiger charge is -2.16. The molecule has 0 radical (unpaired) electrons. The van der Waals surface area contributed by atoms with Crippen LogP contribution in [0.2, 0.25) is 0 Å². The van der Waals surface area contributed by atoms with Gasteiger partial charge >= 0.3 is 5.97 Å². The van der Waals surface area contributed by atoms with E-state index in [1.807, 2.05) is 30.3 Å². The van der Waals surface area contributed by atoms with Gasteiger partial charge < -0.3 is 4.74 Å². The lowest BCUT2D eigenvalue weighted by Crippen LogP contribution is -2.07. The van der Waals surface area contributed by atoms with Gasteiger partial charge in [0.15, 0.2) is 5.78 Å². The number of methoxy groups -OCH3 is 1. The highest BCUT2D eigenvalue weighted by molar-refractivity contribution is 6.11. The van der Waals surface area contributed by atoms with E-state index in [9.17, 15) is 9.59 Å². The smallest absolute Gasteiger partial charge is 0.337 e. The van der Waals surface area contributed by atoms with Crippen LogP contribution in [0.15, 0.2) is 54.6 Å². The van der Waals surface area contributed by atoms with Crippen LogP contribution in [0.4, 0.5) is 0 Å². The summed E-state index contributed by atoms with van der Waals surface area (Å²) in [5.41, 5.74) is 4.61. The third-order valence-corrected chi connectivity index (χ3v) is 5.13. The molecule has 0 unspecified atom stereocenters. The molecular weight excluding hydrogens is 324 g/mol. The normalized spacial score (nSPS) is 13.3. The summed E-state index contributed by atoms with van der Waals surface area (Å²) >= 11 is 0. The van der Waals surface area contributed by atoms with Gasteiger partial charge in [-0.1, -0.05) is 30.3 Å². The minimum absolute atomic E-state index is 0.0392. The van der Waals surface area contributed by atoms with Crippen LogP contribution in [0.3, 0.4) is 0 Å². The number of esters is 1. The van der Waals surface area contributed by atoms with E-state index in [1.165, 1.54) is 31.1 Å². The van der Waals surface area contributed by atoms with Crippen molar-refractivity contribution < 1.29 is 14.3 Å². The van der Waals surface area contributed by atoms with Crippen LogP contribution < -0.4 is 0 Å². The summed E-state index contributed by atoms with van der Waals surface area (Å²) in [6.07, 6.45) is 4.61. The Morgan fingerprint density at radius 2 is 1.31 bits per heavy atom. The Hall–Kier alpha value is -2.94. The van der Waals surface area contributed by atoms with Gasteiger partial charge in [-0.05, 0) is 71.8 Å². The van der Waals surface area contributed by atoms with E-state index < -0.39 is 0 Å². The number of ether oxygens (including phenoxy) is 1. The number of rotatable bonds is 3. The average Bonchev–Trinajstić information content (AvgIpc) is 2.71. The maximum absolute atomic E-state index is 12.9. The van der Waals surface area contributed by atoms with Gasteiger partial charge in [0.05, 0.1) is 12.7 Å². The first-order valence-corrected chi connectivity index (χ1v) is 8.94. The standard InChI is InChI=1S/C23H20O3/c1-26-23(25)21-11-8-17-13-20(10-7-18(17)14-21)22(24)19-9-6-15-4-2-3-5-16(15)12-19/h6-14H,2-5H2,1H3. The second-order valence-corrected chi connectivity index (χ2v) is 6.79. The van der Waals surface area contributed by atoms with Gasteiger partial charge in [0, 0.05) is 11.1 Å². The number of hydrogen-bond acceptors (Lipinski definition) is 3. The van der Waals surface area contributed by atoms with Gasteiger partial charge in [0.1, 0.15) is 0 Å². The zero-order valence-electron chi connectivity index (χ0n) is 14.7. The summed E-state index contributed by atoms with van der Waals surface area (Å²) in [5, 5.41) is 1.84. The minimum Gasteiger partial charge on any atom is -0.465 e. The highest BCUT2D eigenvalue weighted by Crippen LogP contribution is 2.25. The summed E-state index contributed by atoms with van der Waals surface area (Å²) < 4.78 is 4.76. The topological polar surface area (TPSA) is 43.4 Å². The third kappa shape index (κ3) is 3.01. The quantitative estimate of drug-likeness (QED) is 0.509. The molecule has 3 aromatic carbocycles. The fraction of sp³-hybridized carbons (Fsp3) is 0.217. The Bertz CT molecular complexity index is 1020. The number of fused-ring (bicyclic) bond motifs is 2. The van der Waals surface area contributed by atoms with Gasteiger partial charge in [-0.2, -0.15) is 0 Å². The van der Waals surface area contributed by atoms with Crippen molar-refractivity contribution in [3.05, 3.63) is 82.4 Å².